The molecular formula is C21H34O. The fourth-order valence-electron chi connectivity index (χ4n) is 7.97. The smallest absolute Gasteiger partial charge is 0.139 e. The maximum absolute atomic E-state index is 12.5. The first-order valence-electron chi connectivity index (χ1n) is 9.82. The van der Waals surface area contributed by atoms with Gasteiger partial charge in [0.2, 0.25) is 0 Å². The molecule has 0 radical (unpaired) electrons. The van der Waals surface area contributed by atoms with E-state index in [0.717, 1.165) is 24.2 Å². The van der Waals surface area contributed by atoms with Crippen LogP contribution in [0.25, 0.3) is 0 Å². The van der Waals surface area contributed by atoms with Gasteiger partial charge in [-0.1, -0.05) is 34.1 Å². The Balaban J connectivity index is 1.68. The minimum Gasteiger partial charge on any atom is -0.299 e. The highest BCUT2D eigenvalue weighted by atomic mass is 16.1. The molecule has 0 aromatic rings. The van der Waals surface area contributed by atoms with Crippen LogP contribution in [0.3, 0.4) is 0 Å². The van der Waals surface area contributed by atoms with E-state index in [-0.39, 0.29) is 5.41 Å². The molecule has 0 bridgehead atoms. The normalized spacial score (nSPS) is 53.5. The van der Waals surface area contributed by atoms with Gasteiger partial charge >= 0.3 is 0 Å². The average Bonchev–Trinajstić information content (AvgIpc) is 2.74. The zero-order valence-electron chi connectivity index (χ0n) is 15.1. The third kappa shape index (κ3) is 1.80. The summed E-state index contributed by atoms with van der Waals surface area (Å²) in [6.45, 7) is 10.0. The second kappa shape index (κ2) is 4.61. The molecule has 4 fully saturated rings. The molecule has 0 spiro atoms. The lowest BCUT2D eigenvalue weighted by Crippen LogP contribution is -2.56. The molecule has 0 unspecified atom stereocenters. The number of carbonyl (C=O) groups excluding carboxylic acids is 1. The Hall–Kier alpha value is -0.330. The molecule has 0 aromatic heterocycles. The van der Waals surface area contributed by atoms with Crippen molar-refractivity contribution in [1.29, 1.82) is 0 Å². The molecule has 4 saturated carbocycles. The minimum atomic E-state index is 0.0501. The lowest BCUT2D eigenvalue weighted by molar-refractivity contribution is -0.151. The van der Waals surface area contributed by atoms with Gasteiger partial charge in [0, 0.05) is 11.8 Å². The summed E-state index contributed by atoms with van der Waals surface area (Å²) in [6, 6.07) is 0. The summed E-state index contributed by atoms with van der Waals surface area (Å²) in [5.41, 5.74) is 1.14. The zero-order valence-corrected chi connectivity index (χ0v) is 15.1. The molecule has 22 heavy (non-hydrogen) atoms. The van der Waals surface area contributed by atoms with Crippen molar-refractivity contribution >= 4 is 5.78 Å². The van der Waals surface area contributed by atoms with Crippen molar-refractivity contribution in [2.24, 2.45) is 39.9 Å². The Labute approximate surface area is 136 Å². The molecule has 0 amide bonds. The predicted molar refractivity (Wildman–Crippen MR) is 90.5 cm³/mol. The van der Waals surface area contributed by atoms with Crippen LogP contribution in [0.1, 0.15) is 85.5 Å². The quantitative estimate of drug-likeness (QED) is 0.567. The van der Waals surface area contributed by atoms with Crippen molar-refractivity contribution in [3.8, 4) is 0 Å². The SMILES string of the molecule is CC1(C)CCC[C@]2(C)[C@H]3CC[C@]4(C)C(=O)CC[C@H]4[C@@H]3CC[C@@H]12. The first-order valence-corrected chi connectivity index (χ1v) is 9.82. The second-order valence-corrected chi connectivity index (χ2v) is 10.3. The van der Waals surface area contributed by atoms with Crippen LogP contribution in [0.2, 0.25) is 0 Å². The Bertz CT molecular complexity index is 492. The Kier molecular flexibility index (Phi) is 3.18. The van der Waals surface area contributed by atoms with Crippen molar-refractivity contribution in [3.63, 3.8) is 0 Å². The van der Waals surface area contributed by atoms with E-state index in [1.807, 2.05) is 0 Å². The number of hydrogen-bond donors (Lipinski definition) is 0. The summed E-state index contributed by atoms with van der Waals surface area (Å²) in [4.78, 5) is 12.5. The van der Waals surface area contributed by atoms with Gasteiger partial charge in [-0.2, -0.15) is 0 Å². The first kappa shape index (κ1) is 15.2. The van der Waals surface area contributed by atoms with Crippen molar-refractivity contribution < 1.29 is 4.79 Å². The number of hydrogen-bond acceptors (Lipinski definition) is 1. The van der Waals surface area contributed by atoms with Gasteiger partial charge in [0.1, 0.15) is 5.78 Å². The third-order valence-electron chi connectivity index (χ3n) is 9.06. The molecule has 4 rings (SSSR count). The summed E-state index contributed by atoms with van der Waals surface area (Å²) >= 11 is 0. The number of ketones is 1. The van der Waals surface area contributed by atoms with E-state index in [9.17, 15) is 4.79 Å². The molecule has 4 aliphatic carbocycles. The van der Waals surface area contributed by atoms with Crippen molar-refractivity contribution in [1.82, 2.24) is 0 Å². The second-order valence-electron chi connectivity index (χ2n) is 10.3. The van der Waals surface area contributed by atoms with Crippen LogP contribution in [0, 0.1) is 39.9 Å². The number of carbonyl (C=O) groups is 1. The maximum atomic E-state index is 12.5. The van der Waals surface area contributed by atoms with Gasteiger partial charge in [0.05, 0.1) is 0 Å². The van der Waals surface area contributed by atoms with E-state index >= 15 is 0 Å². The Morgan fingerprint density at radius 1 is 0.864 bits per heavy atom. The number of fused-ring (bicyclic) bond motifs is 5. The van der Waals surface area contributed by atoms with Crippen LogP contribution < -0.4 is 0 Å². The summed E-state index contributed by atoms with van der Waals surface area (Å²) < 4.78 is 0. The van der Waals surface area contributed by atoms with Gasteiger partial charge in [-0.05, 0) is 79.4 Å². The molecule has 1 nitrogen and oxygen atoms in total. The maximum Gasteiger partial charge on any atom is 0.139 e. The van der Waals surface area contributed by atoms with Gasteiger partial charge < -0.3 is 0 Å². The zero-order chi connectivity index (χ0) is 15.8. The Morgan fingerprint density at radius 3 is 2.41 bits per heavy atom. The van der Waals surface area contributed by atoms with Crippen LogP contribution in [0.5, 0.6) is 0 Å². The molecule has 0 heterocycles. The highest BCUT2D eigenvalue weighted by Gasteiger charge is 2.61. The van der Waals surface area contributed by atoms with Crippen molar-refractivity contribution in [2.75, 3.05) is 0 Å². The van der Waals surface area contributed by atoms with Crippen molar-refractivity contribution in [3.05, 3.63) is 0 Å². The fraction of sp³-hybridized carbons (Fsp3) is 0.952. The van der Waals surface area contributed by atoms with Crippen molar-refractivity contribution in [2.45, 2.75) is 85.5 Å². The van der Waals surface area contributed by atoms with Gasteiger partial charge in [0.15, 0.2) is 0 Å². The molecule has 124 valence electrons. The summed E-state index contributed by atoms with van der Waals surface area (Å²) in [6.07, 6.45) is 11.7. The summed E-state index contributed by atoms with van der Waals surface area (Å²) in [7, 11) is 0. The lowest BCUT2D eigenvalue weighted by Gasteiger charge is -2.63. The molecule has 0 saturated heterocycles. The van der Waals surface area contributed by atoms with Crippen LogP contribution >= 0.6 is 0 Å². The third-order valence-corrected chi connectivity index (χ3v) is 9.06. The van der Waals surface area contributed by atoms with E-state index in [1.165, 1.54) is 51.4 Å². The van der Waals surface area contributed by atoms with E-state index < -0.39 is 0 Å². The molecule has 0 aromatic carbocycles. The first-order chi connectivity index (χ1) is 10.3. The molecule has 0 N–H and O–H groups in total. The monoisotopic (exact) mass is 302 g/mol. The largest absolute Gasteiger partial charge is 0.299 e. The van der Waals surface area contributed by atoms with Crippen LogP contribution in [-0.4, -0.2) is 5.78 Å². The predicted octanol–water partition coefficient (Wildman–Crippen LogP) is 5.62. The number of rotatable bonds is 0. The standard InChI is InChI=1S/C21H34O/c1-19(2)11-5-12-20(3)16-10-13-21(4)15(7-9-18(21)22)14(16)6-8-17(19)20/h14-17H,5-13H2,1-4H3/t14-,15-,16-,17-,20+,21-/m0/s1. The van der Waals surface area contributed by atoms with Crippen LogP contribution in [0.4, 0.5) is 0 Å². The molecule has 0 aliphatic heterocycles. The van der Waals surface area contributed by atoms with Gasteiger partial charge in [-0.15, -0.1) is 0 Å². The van der Waals surface area contributed by atoms with Crippen LogP contribution in [0.15, 0.2) is 0 Å². The van der Waals surface area contributed by atoms with Gasteiger partial charge in [-0.3, -0.25) is 4.79 Å². The Morgan fingerprint density at radius 2 is 1.64 bits per heavy atom. The molecular weight excluding hydrogens is 268 g/mol. The fourth-order valence-corrected chi connectivity index (χ4v) is 7.97. The topological polar surface area (TPSA) is 17.1 Å². The lowest BCUT2D eigenvalue weighted by atomic mass is 9.42. The van der Waals surface area contributed by atoms with Crippen LogP contribution in [-0.2, 0) is 4.79 Å². The summed E-state index contributed by atoms with van der Waals surface area (Å²) in [5, 5.41) is 0. The highest BCUT2D eigenvalue weighted by molar-refractivity contribution is 5.87. The highest BCUT2D eigenvalue weighted by Crippen LogP contribution is 2.68. The summed E-state index contributed by atoms with van der Waals surface area (Å²) in [5.74, 6) is 3.96. The molecule has 4 aliphatic rings. The number of Topliss-reactive ketones (excluding diaryl/α,β-unsaturated/α-hetero) is 1. The van der Waals surface area contributed by atoms with Gasteiger partial charge in [-0.25, -0.2) is 0 Å². The average molecular weight is 303 g/mol. The van der Waals surface area contributed by atoms with E-state index in [4.69, 9.17) is 0 Å². The van der Waals surface area contributed by atoms with E-state index in [1.54, 1.807) is 0 Å². The van der Waals surface area contributed by atoms with E-state index in [0.29, 0.717) is 22.5 Å². The minimum absolute atomic E-state index is 0.0501. The van der Waals surface area contributed by atoms with Gasteiger partial charge in [0.25, 0.3) is 0 Å². The molecule has 1 heteroatoms. The van der Waals surface area contributed by atoms with E-state index in [2.05, 4.69) is 27.7 Å². The molecule has 6 atom stereocenters.